The quantitative estimate of drug-likeness (QED) is 0.335. The largest absolute Gasteiger partial charge is 0.375 e. The van der Waals surface area contributed by atoms with Gasteiger partial charge in [-0.2, -0.15) is 5.26 Å². The van der Waals surface area contributed by atoms with E-state index in [4.69, 9.17) is 16.9 Å². The van der Waals surface area contributed by atoms with Gasteiger partial charge < -0.3 is 10.4 Å². The molecule has 0 aliphatic heterocycles. The summed E-state index contributed by atoms with van der Waals surface area (Å²) >= 11 is 6.11. The van der Waals surface area contributed by atoms with E-state index in [0.29, 0.717) is 16.8 Å². The van der Waals surface area contributed by atoms with Crippen LogP contribution in [0.4, 0.5) is 5.69 Å². The highest BCUT2D eigenvalue weighted by Crippen LogP contribution is 2.31. The number of anilines is 1. The molecular formula is C29H23ClN2O4S. The number of benzene rings is 4. The van der Waals surface area contributed by atoms with E-state index < -0.39 is 21.3 Å². The van der Waals surface area contributed by atoms with Gasteiger partial charge in [-0.15, -0.1) is 0 Å². The molecule has 0 aliphatic rings. The number of nitriles is 1. The fourth-order valence-electron chi connectivity index (χ4n) is 4.00. The summed E-state index contributed by atoms with van der Waals surface area (Å²) in [5, 5.41) is 23.8. The predicted octanol–water partition coefficient (Wildman–Crippen LogP) is 5.35. The molecule has 6 nitrogen and oxygen atoms in total. The maximum atomic E-state index is 13.5. The fourth-order valence-corrected chi connectivity index (χ4v) is 4.85. The zero-order chi connectivity index (χ0) is 26.6. The van der Waals surface area contributed by atoms with Gasteiger partial charge in [-0.05, 0) is 52.6 Å². The highest BCUT2D eigenvalue weighted by atomic mass is 35.5. The molecule has 1 amide bonds. The number of rotatable bonds is 7. The number of carbonyl (C=O) groups excluding carboxylic acids is 1. The molecule has 4 aromatic carbocycles. The van der Waals surface area contributed by atoms with Gasteiger partial charge in [-0.3, -0.25) is 4.79 Å². The lowest BCUT2D eigenvalue weighted by Crippen LogP contribution is -2.42. The number of amides is 1. The maximum absolute atomic E-state index is 13.5. The van der Waals surface area contributed by atoms with Crippen LogP contribution >= 0.6 is 11.6 Å². The number of sulfone groups is 1. The van der Waals surface area contributed by atoms with Gasteiger partial charge in [0.1, 0.15) is 6.07 Å². The zero-order valence-corrected chi connectivity index (χ0v) is 21.4. The molecule has 1 atom stereocenters. The first-order valence-corrected chi connectivity index (χ1v) is 13.6. The normalized spacial score (nSPS) is 12.8. The van der Waals surface area contributed by atoms with Crippen molar-refractivity contribution >= 4 is 33.0 Å². The minimum absolute atomic E-state index is 0.0257. The molecule has 8 heteroatoms. The van der Waals surface area contributed by atoms with Crippen LogP contribution in [0.15, 0.2) is 102 Å². The highest BCUT2D eigenvalue weighted by molar-refractivity contribution is 7.90. The molecule has 0 fully saturated rings. The van der Waals surface area contributed by atoms with Gasteiger partial charge in [0.25, 0.3) is 5.91 Å². The second kappa shape index (κ2) is 10.6. The van der Waals surface area contributed by atoms with Gasteiger partial charge in [-0.25, -0.2) is 8.42 Å². The van der Waals surface area contributed by atoms with Crippen LogP contribution in [-0.2, 0) is 26.7 Å². The summed E-state index contributed by atoms with van der Waals surface area (Å²) in [6.45, 7) is 0. The first-order chi connectivity index (χ1) is 17.6. The van der Waals surface area contributed by atoms with E-state index in [1.54, 1.807) is 60.7 Å². The van der Waals surface area contributed by atoms with Crippen LogP contribution in [0.5, 0.6) is 0 Å². The van der Waals surface area contributed by atoms with Crippen molar-refractivity contribution in [3.63, 3.8) is 0 Å². The Balaban J connectivity index is 1.66. The molecule has 4 rings (SSSR count). The number of nitrogens with one attached hydrogen (secondary N) is 1. The highest BCUT2D eigenvalue weighted by Gasteiger charge is 2.38. The summed E-state index contributed by atoms with van der Waals surface area (Å²) in [5.74, 6) is -0.651. The number of halogens is 1. The number of nitrogens with zero attached hydrogens (tertiary/aromatic N) is 1. The van der Waals surface area contributed by atoms with Gasteiger partial charge in [-0.1, -0.05) is 78.3 Å². The Morgan fingerprint density at radius 3 is 2.27 bits per heavy atom. The molecule has 186 valence electrons. The average Bonchev–Trinajstić information content (AvgIpc) is 2.89. The third-order valence-corrected chi connectivity index (χ3v) is 7.42. The van der Waals surface area contributed by atoms with Crippen molar-refractivity contribution in [1.29, 1.82) is 5.26 Å². The summed E-state index contributed by atoms with van der Waals surface area (Å²) in [7, 11) is -3.31. The third kappa shape index (κ3) is 5.89. The summed E-state index contributed by atoms with van der Waals surface area (Å²) in [5.41, 5.74) is 1.43. The monoisotopic (exact) mass is 530 g/mol. The van der Waals surface area contributed by atoms with Gasteiger partial charge in [0.05, 0.1) is 15.5 Å². The molecule has 0 saturated heterocycles. The topological polar surface area (TPSA) is 107 Å². The van der Waals surface area contributed by atoms with Crippen LogP contribution < -0.4 is 5.32 Å². The smallest absolute Gasteiger partial charge is 0.261 e. The molecule has 0 aliphatic carbocycles. The van der Waals surface area contributed by atoms with E-state index in [1.807, 2.05) is 30.3 Å². The minimum atomic E-state index is -3.31. The number of carbonyl (C=O) groups is 1. The van der Waals surface area contributed by atoms with Crippen LogP contribution in [0, 0.1) is 11.3 Å². The van der Waals surface area contributed by atoms with Crippen molar-refractivity contribution in [2.45, 2.75) is 16.9 Å². The van der Waals surface area contributed by atoms with Crippen molar-refractivity contribution in [3.05, 3.63) is 119 Å². The van der Waals surface area contributed by atoms with Crippen molar-refractivity contribution in [1.82, 2.24) is 0 Å². The van der Waals surface area contributed by atoms with Crippen LogP contribution in [0.3, 0.4) is 0 Å². The SMILES string of the molecule is CS(=O)(=O)c1ccc(-c2cccc(CC(O)(C(=O)Nc3ccc(C#N)c(Cl)c3)c3ccccc3)c2)cc1. The van der Waals surface area contributed by atoms with E-state index in [0.717, 1.165) is 17.4 Å². The molecule has 0 spiro atoms. The van der Waals surface area contributed by atoms with Crippen LogP contribution in [0.25, 0.3) is 11.1 Å². The molecule has 0 saturated carbocycles. The Labute approximate surface area is 220 Å². The second-order valence-corrected chi connectivity index (χ2v) is 11.1. The van der Waals surface area contributed by atoms with Gasteiger partial charge in [0.15, 0.2) is 15.4 Å². The second-order valence-electron chi connectivity index (χ2n) is 8.66. The molecule has 0 heterocycles. The summed E-state index contributed by atoms with van der Waals surface area (Å²) in [6.07, 6.45) is 1.13. The van der Waals surface area contributed by atoms with Crippen molar-refractivity contribution < 1.29 is 18.3 Å². The number of hydrogen-bond donors (Lipinski definition) is 2. The summed E-state index contributed by atoms with van der Waals surface area (Å²) in [6, 6.07) is 29.0. The lowest BCUT2D eigenvalue weighted by atomic mass is 9.85. The van der Waals surface area contributed by atoms with E-state index in [2.05, 4.69) is 5.32 Å². The summed E-state index contributed by atoms with van der Waals surface area (Å²) in [4.78, 5) is 13.7. The fraction of sp³-hybridized carbons (Fsp3) is 0.103. The molecule has 0 bridgehead atoms. The lowest BCUT2D eigenvalue weighted by Gasteiger charge is -2.28. The molecule has 4 aromatic rings. The first kappa shape index (κ1) is 26.1. The van der Waals surface area contributed by atoms with Crippen molar-refractivity contribution in [2.75, 3.05) is 11.6 Å². The molecule has 1 unspecified atom stereocenters. The van der Waals surface area contributed by atoms with Gasteiger partial charge in [0, 0.05) is 18.4 Å². The number of aliphatic hydroxyl groups is 1. The van der Waals surface area contributed by atoms with Crippen LogP contribution in [0.1, 0.15) is 16.7 Å². The lowest BCUT2D eigenvalue weighted by molar-refractivity contribution is -0.135. The molecular weight excluding hydrogens is 508 g/mol. The Morgan fingerprint density at radius 2 is 1.65 bits per heavy atom. The Kier molecular flexibility index (Phi) is 7.46. The van der Waals surface area contributed by atoms with Gasteiger partial charge in [0.2, 0.25) is 0 Å². The van der Waals surface area contributed by atoms with Gasteiger partial charge >= 0.3 is 0 Å². The Morgan fingerprint density at radius 1 is 0.946 bits per heavy atom. The van der Waals surface area contributed by atoms with Crippen LogP contribution in [0.2, 0.25) is 5.02 Å². The standard InChI is InChI=1S/C29H23ClN2O4S/c1-37(35,36)26-14-11-21(12-15-26)22-7-5-6-20(16-22)18-29(34,24-8-3-2-4-9-24)28(33)32-25-13-10-23(19-31)27(30)17-25/h2-17,34H,18H2,1H3,(H,32,33). The van der Waals surface area contributed by atoms with Crippen molar-refractivity contribution in [3.8, 4) is 17.2 Å². The number of hydrogen-bond acceptors (Lipinski definition) is 5. The van der Waals surface area contributed by atoms with E-state index in [1.165, 1.54) is 12.1 Å². The molecule has 2 N–H and O–H groups in total. The van der Waals surface area contributed by atoms with E-state index in [-0.39, 0.29) is 21.9 Å². The predicted molar refractivity (Wildman–Crippen MR) is 144 cm³/mol. The minimum Gasteiger partial charge on any atom is -0.375 e. The Hall–Kier alpha value is -3.96. The zero-order valence-electron chi connectivity index (χ0n) is 19.9. The Bertz CT molecular complexity index is 1600. The van der Waals surface area contributed by atoms with Crippen molar-refractivity contribution in [2.24, 2.45) is 0 Å². The first-order valence-electron chi connectivity index (χ1n) is 11.3. The average molecular weight is 531 g/mol. The van der Waals surface area contributed by atoms with E-state index >= 15 is 0 Å². The maximum Gasteiger partial charge on any atom is 0.261 e. The van der Waals surface area contributed by atoms with Crippen LogP contribution in [-0.4, -0.2) is 25.7 Å². The third-order valence-electron chi connectivity index (χ3n) is 5.98. The van der Waals surface area contributed by atoms with E-state index in [9.17, 15) is 18.3 Å². The summed E-state index contributed by atoms with van der Waals surface area (Å²) < 4.78 is 23.6. The molecule has 0 aromatic heterocycles. The molecule has 0 radical (unpaired) electrons. The molecule has 37 heavy (non-hydrogen) atoms.